The molecule has 1 aliphatic rings. The van der Waals surface area contributed by atoms with E-state index in [2.05, 4.69) is 6.07 Å². The Morgan fingerprint density at radius 1 is 1.00 bits per heavy atom. The summed E-state index contributed by atoms with van der Waals surface area (Å²) in [5.74, 6) is 0.610. The topological polar surface area (TPSA) is 63.0 Å². The first kappa shape index (κ1) is 23.4. The highest BCUT2D eigenvalue weighted by Gasteiger charge is 2.34. The molecule has 0 saturated carbocycles. The fourth-order valence-electron chi connectivity index (χ4n) is 4.68. The van der Waals surface area contributed by atoms with Crippen LogP contribution < -0.4 is 9.64 Å². The van der Waals surface area contributed by atoms with Crippen LogP contribution in [0.25, 0.3) is 0 Å². The summed E-state index contributed by atoms with van der Waals surface area (Å²) in [5, 5.41) is 0. The van der Waals surface area contributed by atoms with Crippen LogP contribution >= 0.6 is 0 Å². The summed E-state index contributed by atoms with van der Waals surface area (Å²) in [7, 11) is 1.74. The number of para-hydroxylation sites is 1. The quantitative estimate of drug-likeness (QED) is 0.370. The first-order valence-electron chi connectivity index (χ1n) is 12.0. The highest BCUT2D eigenvalue weighted by molar-refractivity contribution is 5.94. The van der Waals surface area contributed by atoms with Gasteiger partial charge in [-0.25, -0.2) is 0 Å². The van der Waals surface area contributed by atoms with E-state index in [1.807, 2.05) is 78.6 Å². The van der Waals surface area contributed by atoms with E-state index in [-0.39, 0.29) is 24.5 Å². The summed E-state index contributed by atoms with van der Waals surface area (Å²) in [6.45, 7) is 2.53. The zero-order chi connectivity index (χ0) is 25.1. The fraction of sp³-hybridized carbons (Fsp3) is 0.200. The van der Waals surface area contributed by atoms with Gasteiger partial charge in [0.25, 0.3) is 11.8 Å². The standard InChI is InChI=1S/C30H28N2O4/c1-21-8-6-9-23(18-21)29-26-19-25(36-20-28(33)31(2)24-10-4-3-5-11-24)14-13-22(26)15-16-32(29)30(34)27-12-7-17-35-27/h3-14,17-19,29H,15-16,20H2,1-2H3/t29-/m1/s1. The molecule has 0 fully saturated rings. The van der Waals surface area contributed by atoms with Crippen LogP contribution in [-0.2, 0) is 11.2 Å². The van der Waals surface area contributed by atoms with Crippen LogP contribution in [0.1, 0.15) is 38.9 Å². The average Bonchev–Trinajstić information content (AvgIpc) is 3.46. The van der Waals surface area contributed by atoms with Crippen LogP contribution in [0.4, 0.5) is 5.69 Å². The number of furan rings is 1. The first-order chi connectivity index (χ1) is 17.5. The number of benzene rings is 3. The third-order valence-electron chi connectivity index (χ3n) is 6.58. The van der Waals surface area contributed by atoms with Gasteiger partial charge in [0.2, 0.25) is 0 Å². The Labute approximate surface area is 210 Å². The number of likely N-dealkylation sites (N-methyl/N-ethyl adjacent to an activating group) is 1. The number of ether oxygens (including phenoxy) is 1. The lowest BCUT2D eigenvalue weighted by molar-refractivity contribution is -0.120. The van der Waals surface area contributed by atoms with Gasteiger partial charge in [0.05, 0.1) is 12.3 Å². The number of anilines is 1. The molecule has 4 aromatic rings. The normalized spacial score (nSPS) is 14.7. The van der Waals surface area contributed by atoms with E-state index >= 15 is 0 Å². The number of hydrogen-bond donors (Lipinski definition) is 0. The lowest BCUT2D eigenvalue weighted by Gasteiger charge is -2.37. The Balaban J connectivity index is 1.43. The molecule has 0 aliphatic carbocycles. The van der Waals surface area contributed by atoms with Crippen LogP contribution in [0.15, 0.2) is 95.6 Å². The van der Waals surface area contributed by atoms with Crippen LogP contribution in [-0.4, -0.2) is 36.9 Å². The van der Waals surface area contributed by atoms with Gasteiger partial charge in [-0.2, -0.15) is 0 Å². The average molecular weight is 481 g/mol. The Morgan fingerprint density at radius 2 is 1.83 bits per heavy atom. The van der Waals surface area contributed by atoms with E-state index in [9.17, 15) is 9.59 Å². The predicted molar refractivity (Wildman–Crippen MR) is 138 cm³/mol. The van der Waals surface area contributed by atoms with Crippen LogP contribution in [0.2, 0.25) is 0 Å². The molecule has 1 atom stereocenters. The molecule has 2 amide bonds. The Kier molecular flexibility index (Phi) is 6.58. The van der Waals surface area contributed by atoms with Crippen molar-refractivity contribution in [3.63, 3.8) is 0 Å². The van der Waals surface area contributed by atoms with Crippen molar-refractivity contribution >= 4 is 17.5 Å². The molecule has 0 N–H and O–H groups in total. The van der Waals surface area contributed by atoms with E-state index in [4.69, 9.17) is 9.15 Å². The van der Waals surface area contributed by atoms with Crippen molar-refractivity contribution in [2.45, 2.75) is 19.4 Å². The van der Waals surface area contributed by atoms with Gasteiger partial charge in [-0.15, -0.1) is 0 Å². The maximum absolute atomic E-state index is 13.4. The molecule has 2 heterocycles. The molecule has 0 saturated heterocycles. The van der Waals surface area contributed by atoms with E-state index < -0.39 is 0 Å². The molecule has 1 aliphatic heterocycles. The minimum atomic E-state index is -0.294. The van der Waals surface area contributed by atoms with Gasteiger partial charge < -0.3 is 19.0 Å². The number of amides is 2. The molecule has 182 valence electrons. The van der Waals surface area contributed by atoms with Crippen LogP contribution in [0.3, 0.4) is 0 Å². The number of carbonyl (C=O) groups excluding carboxylic acids is 2. The van der Waals surface area contributed by atoms with Crippen LogP contribution in [0.5, 0.6) is 5.75 Å². The summed E-state index contributed by atoms with van der Waals surface area (Å²) >= 11 is 0. The molecular weight excluding hydrogens is 452 g/mol. The van der Waals surface area contributed by atoms with E-state index in [0.717, 1.165) is 34.4 Å². The van der Waals surface area contributed by atoms with Gasteiger partial charge in [-0.1, -0.05) is 54.1 Å². The third-order valence-corrected chi connectivity index (χ3v) is 6.58. The summed E-state index contributed by atoms with van der Waals surface area (Å²) in [5.41, 5.74) is 5.10. The van der Waals surface area contributed by atoms with E-state index in [1.54, 1.807) is 24.1 Å². The van der Waals surface area contributed by atoms with Crippen LogP contribution in [0, 0.1) is 6.92 Å². The van der Waals surface area contributed by atoms with Gasteiger partial charge in [0.15, 0.2) is 12.4 Å². The summed E-state index contributed by atoms with van der Waals surface area (Å²) in [6, 6.07) is 26.7. The number of carbonyl (C=O) groups is 2. The predicted octanol–water partition coefficient (Wildman–Crippen LogP) is 5.42. The highest BCUT2D eigenvalue weighted by Crippen LogP contribution is 2.38. The third kappa shape index (κ3) is 4.75. The minimum absolute atomic E-state index is 0.0890. The van der Waals surface area contributed by atoms with Gasteiger partial charge in [-0.3, -0.25) is 9.59 Å². The summed E-state index contributed by atoms with van der Waals surface area (Å²) in [4.78, 5) is 29.6. The van der Waals surface area contributed by atoms with E-state index in [1.165, 1.54) is 6.26 Å². The van der Waals surface area contributed by atoms with E-state index in [0.29, 0.717) is 18.1 Å². The maximum Gasteiger partial charge on any atom is 0.290 e. The molecule has 0 bridgehead atoms. The molecule has 0 spiro atoms. The van der Waals surface area contributed by atoms with Crippen molar-refractivity contribution in [3.05, 3.63) is 119 Å². The van der Waals surface area contributed by atoms with Crippen molar-refractivity contribution in [2.75, 3.05) is 25.1 Å². The molecule has 1 aromatic heterocycles. The molecule has 3 aromatic carbocycles. The maximum atomic E-state index is 13.4. The van der Waals surface area contributed by atoms with Gasteiger partial charge in [0, 0.05) is 19.3 Å². The second-order valence-corrected chi connectivity index (χ2v) is 8.98. The summed E-state index contributed by atoms with van der Waals surface area (Å²) in [6.07, 6.45) is 2.24. The molecule has 6 nitrogen and oxygen atoms in total. The summed E-state index contributed by atoms with van der Waals surface area (Å²) < 4.78 is 11.4. The molecule has 5 rings (SSSR count). The zero-order valence-electron chi connectivity index (χ0n) is 20.4. The molecule has 0 unspecified atom stereocenters. The van der Waals surface area contributed by atoms with Gasteiger partial charge in [-0.05, 0) is 66.4 Å². The number of nitrogens with zero attached hydrogens (tertiary/aromatic N) is 2. The van der Waals surface area contributed by atoms with Crippen molar-refractivity contribution in [3.8, 4) is 5.75 Å². The van der Waals surface area contributed by atoms with Gasteiger partial charge >= 0.3 is 0 Å². The Morgan fingerprint density at radius 3 is 2.58 bits per heavy atom. The largest absolute Gasteiger partial charge is 0.484 e. The molecule has 6 heteroatoms. The first-order valence-corrected chi connectivity index (χ1v) is 12.0. The highest BCUT2D eigenvalue weighted by atomic mass is 16.5. The number of hydrogen-bond acceptors (Lipinski definition) is 4. The van der Waals surface area contributed by atoms with Crippen molar-refractivity contribution in [1.82, 2.24) is 4.90 Å². The minimum Gasteiger partial charge on any atom is -0.484 e. The zero-order valence-corrected chi connectivity index (χ0v) is 20.4. The molecule has 0 radical (unpaired) electrons. The monoisotopic (exact) mass is 480 g/mol. The number of fused-ring (bicyclic) bond motifs is 1. The van der Waals surface area contributed by atoms with Crippen molar-refractivity contribution in [1.29, 1.82) is 0 Å². The Hall–Kier alpha value is -4.32. The number of aryl methyl sites for hydroxylation is 1. The SMILES string of the molecule is Cc1cccc([C@@H]2c3cc(OCC(=O)N(C)c4ccccc4)ccc3CCN2C(=O)c2ccco2)c1. The smallest absolute Gasteiger partial charge is 0.290 e. The van der Waals surface area contributed by atoms with Gasteiger partial charge in [0.1, 0.15) is 5.75 Å². The number of rotatable bonds is 6. The molecule has 36 heavy (non-hydrogen) atoms. The second-order valence-electron chi connectivity index (χ2n) is 8.98. The second kappa shape index (κ2) is 10.1. The lowest BCUT2D eigenvalue weighted by Crippen LogP contribution is -2.40. The lowest BCUT2D eigenvalue weighted by atomic mass is 9.87. The van der Waals surface area contributed by atoms with Crippen molar-refractivity contribution in [2.24, 2.45) is 0 Å². The Bertz CT molecular complexity index is 1360. The fourth-order valence-corrected chi connectivity index (χ4v) is 4.68. The van der Waals surface area contributed by atoms with Crippen molar-refractivity contribution < 1.29 is 18.7 Å². The molecular formula is C30H28N2O4.